The van der Waals surface area contributed by atoms with Crippen LogP contribution in [-0.2, 0) is 9.59 Å². The fraction of sp³-hybridized carbons (Fsp3) is 0.800. The van der Waals surface area contributed by atoms with Crippen LogP contribution in [0, 0.1) is 11.8 Å². The number of unbranched alkanes of at least 4 members (excludes halogenated alkanes) is 5. The van der Waals surface area contributed by atoms with Gasteiger partial charge < -0.3 is 10.2 Å². The van der Waals surface area contributed by atoms with Crippen molar-refractivity contribution < 1.29 is 19.8 Å². The van der Waals surface area contributed by atoms with Crippen molar-refractivity contribution in [2.75, 3.05) is 0 Å². The molecule has 1 aliphatic rings. The summed E-state index contributed by atoms with van der Waals surface area (Å²) in [5, 5.41) is 18.7. The maximum Gasteiger partial charge on any atom is 0.303 e. The Labute approximate surface area is 146 Å². The molecule has 4 heteroatoms. The first kappa shape index (κ1) is 20.9. The second-order valence-electron chi connectivity index (χ2n) is 7.07. The number of carboxylic acids is 1. The van der Waals surface area contributed by atoms with Crippen molar-refractivity contribution in [2.45, 2.75) is 90.1 Å². The van der Waals surface area contributed by atoms with Crippen LogP contribution in [0.3, 0.4) is 0 Å². The number of aliphatic hydroxyl groups is 1. The van der Waals surface area contributed by atoms with Gasteiger partial charge >= 0.3 is 5.97 Å². The van der Waals surface area contributed by atoms with Gasteiger partial charge in [-0.3, -0.25) is 9.59 Å². The van der Waals surface area contributed by atoms with Gasteiger partial charge in [-0.15, -0.1) is 0 Å². The Hall–Kier alpha value is -1.16. The van der Waals surface area contributed by atoms with E-state index in [4.69, 9.17) is 5.11 Å². The fourth-order valence-electron chi connectivity index (χ4n) is 3.50. The lowest BCUT2D eigenvalue weighted by Crippen LogP contribution is -2.14. The minimum absolute atomic E-state index is 0.0679. The van der Waals surface area contributed by atoms with E-state index in [1.54, 1.807) is 0 Å². The molecule has 4 nitrogen and oxygen atoms in total. The van der Waals surface area contributed by atoms with Crippen molar-refractivity contribution in [1.29, 1.82) is 0 Å². The molecule has 0 saturated heterocycles. The van der Waals surface area contributed by atoms with E-state index in [2.05, 4.69) is 13.0 Å². The summed E-state index contributed by atoms with van der Waals surface area (Å²) in [7, 11) is 0. The van der Waals surface area contributed by atoms with Gasteiger partial charge in [-0.25, -0.2) is 0 Å². The van der Waals surface area contributed by atoms with E-state index in [1.165, 1.54) is 19.3 Å². The van der Waals surface area contributed by atoms with E-state index in [-0.39, 0.29) is 18.3 Å². The lowest BCUT2D eigenvalue weighted by Gasteiger charge is -2.15. The van der Waals surface area contributed by atoms with Gasteiger partial charge in [0.1, 0.15) is 5.78 Å². The van der Waals surface area contributed by atoms with Crippen molar-refractivity contribution in [3.8, 4) is 0 Å². The zero-order valence-corrected chi connectivity index (χ0v) is 15.1. The van der Waals surface area contributed by atoms with Crippen LogP contribution in [0.4, 0.5) is 0 Å². The first-order valence-electron chi connectivity index (χ1n) is 9.65. The van der Waals surface area contributed by atoms with Gasteiger partial charge in [0.05, 0.1) is 6.10 Å². The third-order valence-electron chi connectivity index (χ3n) is 4.99. The minimum atomic E-state index is -0.749. The zero-order valence-electron chi connectivity index (χ0n) is 15.1. The number of aliphatic carboxylic acids is 1. The zero-order chi connectivity index (χ0) is 17.8. The molecule has 1 fully saturated rings. The molecule has 2 N–H and O–H groups in total. The number of Topliss-reactive ketones (excluding diaryl/α,β-unsaturated/α-hetero) is 1. The number of carbonyl (C=O) groups is 2. The summed E-state index contributed by atoms with van der Waals surface area (Å²) >= 11 is 0. The Morgan fingerprint density at radius 1 is 1.21 bits per heavy atom. The van der Waals surface area contributed by atoms with Gasteiger partial charge in [-0.05, 0) is 31.6 Å². The van der Waals surface area contributed by atoms with Crippen LogP contribution in [0.2, 0.25) is 0 Å². The Bertz CT molecular complexity index is 402. The Balaban J connectivity index is 2.30. The highest BCUT2D eigenvalue weighted by atomic mass is 16.4. The van der Waals surface area contributed by atoms with Crippen LogP contribution in [-0.4, -0.2) is 28.1 Å². The van der Waals surface area contributed by atoms with Crippen LogP contribution in [0.15, 0.2) is 12.2 Å². The summed E-state index contributed by atoms with van der Waals surface area (Å²) < 4.78 is 0. The van der Waals surface area contributed by atoms with Crippen molar-refractivity contribution in [3.63, 3.8) is 0 Å². The maximum absolute atomic E-state index is 12.1. The molecular weight excluding hydrogens is 304 g/mol. The summed E-state index contributed by atoms with van der Waals surface area (Å²) in [6.07, 6.45) is 14.0. The molecule has 1 saturated carbocycles. The SMILES string of the molecule is CCCCCCC(O)/C=C/C1CCC(=O)C1CCCCCC(=O)O. The topological polar surface area (TPSA) is 74.6 Å². The first-order valence-corrected chi connectivity index (χ1v) is 9.65. The summed E-state index contributed by atoms with van der Waals surface area (Å²) in [6.45, 7) is 2.18. The molecule has 1 rings (SSSR count). The standard InChI is InChI=1S/C20H34O4/c1-2-3-4-6-9-17(21)14-12-16-13-15-19(22)18(16)10-7-5-8-11-20(23)24/h12,14,16-18,21H,2-11,13,15H2,1H3,(H,23,24)/b14-12+. The molecule has 0 aromatic heterocycles. The van der Waals surface area contributed by atoms with E-state index in [9.17, 15) is 14.7 Å². The Morgan fingerprint density at radius 3 is 2.67 bits per heavy atom. The highest BCUT2D eigenvalue weighted by Crippen LogP contribution is 2.34. The molecule has 0 bridgehead atoms. The van der Waals surface area contributed by atoms with Gasteiger partial charge in [0, 0.05) is 18.8 Å². The molecule has 0 aromatic carbocycles. The smallest absolute Gasteiger partial charge is 0.303 e. The molecule has 0 heterocycles. The monoisotopic (exact) mass is 338 g/mol. The summed E-state index contributed by atoms with van der Waals surface area (Å²) in [6, 6.07) is 0. The lowest BCUT2D eigenvalue weighted by molar-refractivity contribution is -0.137. The van der Waals surface area contributed by atoms with Crippen LogP contribution in [0.1, 0.15) is 84.0 Å². The van der Waals surface area contributed by atoms with E-state index < -0.39 is 12.1 Å². The normalized spacial score (nSPS) is 22.3. The molecule has 24 heavy (non-hydrogen) atoms. The number of carboxylic acid groups (broad SMARTS) is 1. The van der Waals surface area contributed by atoms with Crippen molar-refractivity contribution in [2.24, 2.45) is 11.8 Å². The second-order valence-corrected chi connectivity index (χ2v) is 7.07. The predicted molar refractivity (Wildman–Crippen MR) is 95.8 cm³/mol. The average molecular weight is 338 g/mol. The van der Waals surface area contributed by atoms with Crippen LogP contribution in [0.5, 0.6) is 0 Å². The van der Waals surface area contributed by atoms with Crippen molar-refractivity contribution in [1.82, 2.24) is 0 Å². The predicted octanol–water partition coefficient (Wildman–Crippen LogP) is 4.50. The number of hydrogen-bond donors (Lipinski definition) is 2. The number of hydrogen-bond acceptors (Lipinski definition) is 3. The summed E-state index contributed by atoms with van der Waals surface area (Å²) in [4.78, 5) is 22.6. The van der Waals surface area contributed by atoms with Crippen molar-refractivity contribution >= 4 is 11.8 Å². The van der Waals surface area contributed by atoms with Crippen LogP contribution in [0.25, 0.3) is 0 Å². The molecule has 1 aliphatic carbocycles. The third-order valence-corrected chi connectivity index (χ3v) is 4.99. The van der Waals surface area contributed by atoms with Gasteiger partial charge in [0.15, 0.2) is 0 Å². The number of ketones is 1. The number of carbonyl (C=O) groups excluding carboxylic acids is 1. The van der Waals surface area contributed by atoms with E-state index in [0.29, 0.717) is 18.6 Å². The number of aliphatic hydroxyl groups excluding tert-OH is 1. The molecular formula is C20H34O4. The maximum atomic E-state index is 12.1. The molecule has 0 aromatic rings. The van der Waals surface area contributed by atoms with E-state index in [0.717, 1.165) is 38.5 Å². The summed E-state index contributed by atoms with van der Waals surface area (Å²) in [5.74, 6) is -0.0957. The summed E-state index contributed by atoms with van der Waals surface area (Å²) in [5.41, 5.74) is 0. The molecule has 0 aliphatic heterocycles. The highest BCUT2D eigenvalue weighted by molar-refractivity contribution is 5.83. The number of allylic oxidation sites excluding steroid dienone is 1. The minimum Gasteiger partial charge on any atom is -0.481 e. The Morgan fingerprint density at radius 2 is 1.96 bits per heavy atom. The molecule has 0 radical (unpaired) electrons. The fourth-order valence-corrected chi connectivity index (χ4v) is 3.50. The van der Waals surface area contributed by atoms with E-state index >= 15 is 0 Å². The molecule has 3 atom stereocenters. The Kier molecular flexibility index (Phi) is 10.6. The van der Waals surface area contributed by atoms with E-state index in [1.807, 2.05) is 6.08 Å². The van der Waals surface area contributed by atoms with Crippen LogP contribution >= 0.6 is 0 Å². The van der Waals surface area contributed by atoms with Gasteiger partial charge in [-0.1, -0.05) is 57.6 Å². The van der Waals surface area contributed by atoms with Crippen molar-refractivity contribution in [3.05, 3.63) is 12.2 Å². The number of rotatable bonds is 13. The molecule has 3 unspecified atom stereocenters. The van der Waals surface area contributed by atoms with Crippen LogP contribution < -0.4 is 0 Å². The molecule has 138 valence electrons. The lowest BCUT2D eigenvalue weighted by atomic mass is 9.89. The second kappa shape index (κ2) is 12.2. The third kappa shape index (κ3) is 8.62. The highest BCUT2D eigenvalue weighted by Gasteiger charge is 2.32. The molecule has 0 amide bonds. The largest absolute Gasteiger partial charge is 0.481 e. The van der Waals surface area contributed by atoms with Gasteiger partial charge in [-0.2, -0.15) is 0 Å². The van der Waals surface area contributed by atoms with Gasteiger partial charge in [0.25, 0.3) is 0 Å². The quantitative estimate of drug-likeness (QED) is 0.383. The molecule has 0 spiro atoms. The first-order chi connectivity index (χ1) is 11.5. The average Bonchev–Trinajstić information content (AvgIpc) is 2.89. The van der Waals surface area contributed by atoms with Gasteiger partial charge in [0.2, 0.25) is 0 Å².